The summed E-state index contributed by atoms with van der Waals surface area (Å²) in [7, 11) is -2.87. The maximum Gasteiger partial charge on any atom is 0.692 e. The summed E-state index contributed by atoms with van der Waals surface area (Å²) in [5, 5.41) is 0. The Morgan fingerprint density at radius 2 is 1.95 bits per heavy atom. The number of imidazole rings is 1. The second kappa shape index (κ2) is 9.04. The lowest BCUT2D eigenvalue weighted by Crippen LogP contribution is -2.15. The minimum atomic E-state index is -2.87. The highest BCUT2D eigenvalue weighted by molar-refractivity contribution is 7.30. The maximum atomic E-state index is 11.8. The molecule has 2 rings (SSSR count). The molecular weight excluding hydrogens is 307 g/mol. The first kappa shape index (κ1) is 18.0. The van der Waals surface area contributed by atoms with Gasteiger partial charge in [-0.2, -0.15) is 0 Å². The first-order valence-electron chi connectivity index (χ1n) is 6.56. The van der Waals surface area contributed by atoms with Gasteiger partial charge in [-0.3, -0.25) is 0 Å². The van der Waals surface area contributed by atoms with Gasteiger partial charge in [-0.15, -0.1) is 9.79 Å². The fourth-order valence-electron chi connectivity index (χ4n) is 1.87. The number of carbonyl (C=O) groups is 1. The van der Waals surface area contributed by atoms with Crippen LogP contribution in [-0.4, -0.2) is 31.9 Å². The predicted molar refractivity (Wildman–Crippen MR) is 80.5 cm³/mol. The van der Waals surface area contributed by atoms with Gasteiger partial charge in [-0.05, 0) is 19.4 Å². The largest absolute Gasteiger partial charge is 0.692 e. The average Bonchev–Trinajstić information content (AvgIpc) is 2.96. The number of ether oxygens (including phenoxy) is 1. The summed E-state index contributed by atoms with van der Waals surface area (Å²) in [5.74, 6) is -0.335. The molecule has 1 atom stereocenters. The highest BCUT2D eigenvalue weighted by atomic mass is 31.1. The lowest BCUT2D eigenvalue weighted by molar-refractivity contribution is 0.0512. The van der Waals surface area contributed by atoms with E-state index in [2.05, 4.69) is 4.98 Å². The van der Waals surface area contributed by atoms with Gasteiger partial charge in [0.15, 0.2) is 0 Å². The van der Waals surface area contributed by atoms with Crippen LogP contribution in [0, 0.1) is 0 Å². The van der Waals surface area contributed by atoms with Crippen molar-refractivity contribution in [2.75, 3.05) is 6.61 Å². The Hall–Kier alpha value is -2.08. The van der Waals surface area contributed by atoms with E-state index in [-0.39, 0.29) is 12.0 Å². The van der Waals surface area contributed by atoms with E-state index in [1.807, 2.05) is 41.8 Å². The van der Waals surface area contributed by atoms with Crippen LogP contribution in [0.5, 0.6) is 0 Å². The third-order valence-corrected chi connectivity index (χ3v) is 2.85. The quantitative estimate of drug-likeness (QED) is 0.660. The smallest absolute Gasteiger partial charge is 0.461 e. The first-order valence-corrected chi connectivity index (χ1v) is 7.72. The highest BCUT2D eigenvalue weighted by Crippen LogP contribution is 2.19. The summed E-state index contributed by atoms with van der Waals surface area (Å²) >= 11 is 0. The molecule has 2 N–H and O–H groups in total. The number of hydrogen-bond acceptors (Lipinski definition) is 4. The van der Waals surface area contributed by atoms with Crippen molar-refractivity contribution in [2.24, 2.45) is 0 Å². The molecule has 22 heavy (non-hydrogen) atoms. The van der Waals surface area contributed by atoms with Crippen LogP contribution in [-0.2, 0) is 9.30 Å². The molecule has 1 unspecified atom stereocenters. The summed E-state index contributed by atoms with van der Waals surface area (Å²) < 4.78 is 15.5. The normalized spacial score (nSPS) is 11.1. The van der Waals surface area contributed by atoms with Crippen LogP contribution >= 0.6 is 8.25 Å². The van der Waals surface area contributed by atoms with Crippen molar-refractivity contribution in [2.45, 2.75) is 19.9 Å². The molecule has 0 saturated carbocycles. The van der Waals surface area contributed by atoms with Crippen molar-refractivity contribution in [3.8, 4) is 0 Å². The number of nitrogens with zero attached hydrogens (tertiary/aromatic N) is 2. The van der Waals surface area contributed by atoms with Crippen molar-refractivity contribution >= 4 is 14.2 Å². The molecular formula is C14H18N2O5P+. The fourth-order valence-corrected chi connectivity index (χ4v) is 1.87. The minimum absolute atomic E-state index is 0.0492. The molecule has 8 heteroatoms. The monoisotopic (exact) mass is 325 g/mol. The van der Waals surface area contributed by atoms with E-state index in [0.29, 0.717) is 12.3 Å². The first-order chi connectivity index (χ1) is 10.5. The number of esters is 1. The van der Waals surface area contributed by atoms with Gasteiger partial charge < -0.3 is 9.30 Å². The molecule has 0 aliphatic carbocycles. The van der Waals surface area contributed by atoms with Crippen molar-refractivity contribution in [1.29, 1.82) is 0 Å². The maximum absolute atomic E-state index is 11.8. The van der Waals surface area contributed by atoms with Crippen LogP contribution < -0.4 is 0 Å². The molecule has 1 heterocycles. The Balaban J connectivity index is 0.000000541. The van der Waals surface area contributed by atoms with Crippen LogP contribution in [0.1, 0.15) is 35.9 Å². The molecule has 0 saturated heterocycles. The summed E-state index contributed by atoms with van der Waals surface area (Å²) in [6, 6.07) is 10.0. The van der Waals surface area contributed by atoms with Gasteiger partial charge in [0.25, 0.3) is 0 Å². The van der Waals surface area contributed by atoms with Crippen LogP contribution in [0.3, 0.4) is 0 Å². The number of carbonyl (C=O) groups excluding carboxylic acids is 1. The number of aromatic nitrogens is 2. The number of hydrogen-bond donors (Lipinski definition) is 2. The Morgan fingerprint density at radius 1 is 1.36 bits per heavy atom. The van der Waals surface area contributed by atoms with Gasteiger partial charge in [0.1, 0.15) is 5.69 Å². The van der Waals surface area contributed by atoms with E-state index in [4.69, 9.17) is 19.1 Å². The van der Waals surface area contributed by atoms with Gasteiger partial charge in [0.2, 0.25) is 0 Å². The summed E-state index contributed by atoms with van der Waals surface area (Å²) in [6.07, 6.45) is 3.20. The molecule has 0 amide bonds. The molecule has 0 aliphatic heterocycles. The van der Waals surface area contributed by atoms with Crippen molar-refractivity contribution in [3.63, 3.8) is 0 Å². The Morgan fingerprint density at radius 3 is 2.50 bits per heavy atom. The third-order valence-electron chi connectivity index (χ3n) is 2.85. The van der Waals surface area contributed by atoms with E-state index in [0.717, 1.165) is 5.56 Å². The van der Waals surface area contributed by atoms with Crippen LogP contribution in [0.25, 0.3) is 0 Å². The molecule has 0 bridgehead atoms. The van der Waals surface area contributed by atoms with Crippen molar-refractivity contribution in [1.82, 2.24) is 9.55 Å². The van der Waals surface area contributed by atoms with E-state index >= 15 is 0 Å². The van der Waals surface area contributed by atoms with Crippen LogP contribution in [0.15, 0.2) is 42.9 Å². The zero-order valence-electron chi connectivity index (χ0n) is 12.3. The SMILES string of the molecule is CCOC(=O)c1cncn1C(C)c1ccccc1.O=[P+](O)O. The molecule has 1 aromatic heterocycles. The zero-order chi connectivity index (χ0) is 16.5. The molecule has 0 fully saturated rings. The van der Waals surface area contributed by atoms with Gasteiger partial charge in [0, 0.05) is 4.57 Å². The van der Waals surface area contributed by atoms with E-state index < -0.39 is 8.25 Å². The second-order valence-electron chi connectivity index (χ2n) is 4.25. The minimum Gasteiger partial charge on any atom is -0.461 e. The Kier molecular flexibility index (Phi) is 7.39. The fraction of sp³-hybridized carbons (Fsp3) is 0.286. The van der Waals surface area contributed by atoms with Crippen LogP contribution in [0.4, 0.5) is 0 Å². The Labute approximate surface area is 129 Å². The molecule has 0 aliphatic rings. The van der Waals surface area contributed by atoms with E-state index in [1.54, 1.807) is 13.3 Å². The van der Waals surface area contributed by atoms with Crippen molar-refractivity contribution < 1.29 is 23.9 Å². The summed E-state index contributed by atoms with van der Waals surface area (Å²) in [5.41, 5.74) is 1.61. The predicted octanol–water partition coefficient (Wildman–Crippen LogP) is 2.30. The summed E-state index contributed by atoms with van der Waals surface area (Å²) in [6.45, 7) is 4.18. The molecule has 1 aromatic carbocycles. The molecule has 118 valence electrons. The second-order valence-corrected chi connectivity index (χ2v) is 4.75. The zero-order valence-corrected chi connectivity index (χ0v) is 13.2. The lowest BCUT2D eigenvalue weighted by atomic mass is 10.1. The van der Waals surface area contributed by atoms with Crippen LogP contribution in [0.2, 0.25) is 0 Å². The number of rotatable bonds is 4. The van der Waals surface area contributed by atoms with E-state index in [1.165, 1.54) is 6.20 Å². The van der Waals surface area contributed by atoms with E-state index in [9.17, 15) is 4.79 Å². The molecule has 0 radical (unpaired) electrons. The lowest BCUT2D eigenvalue weighted by Gasteiger charge is -2.16. The molecule has 0 spiro atoms. The third kappa shape index (κ3) is 5.37. The topological polar surface area (TPSA) is 102 Å². The van der Waals surface area contributed by atoms with Crippen molar-refractivity contribution in [3.05, 3.63) is 54.1 Å². The number of benzene rings is 1. The van der Waals surface area contributed by atoms with Gasteiger partial charge in [-0.25, -0.2) is 9.78 Å². The van der Waals surface area contributed by atoms with Gasteiger partial charge in [-0.1, -0.05) is 30.3 Å². The average molecular weight is 325 g/mol. The highest BCUT2D eigenvalue weighted by Gasteiger charge is 2.17. The van der Waals surface area contributed by atoms with Gasteiger partial charge in [0.05, 0.1) is 25.2 Å². The molecule has 2 aromatic rings. The standard InChI is InChI=1S/C14H16N2O2.HO3P/c1-3-18-14(17)13-9-15-10-16(13)11(2)12-7-5-4-6-8-12;1-4(2)3/h4-11H,3H2,1-2H3;(H-,1,2,3)/p+1. The summed E-state index contributed by atoms with van der Waals surface area (Å²) in [4.78, 5) is 30.1. The van der Waals surface area contributed by atoms with Gasteiger partial charge >= 0.3 is 14.2 Å². The molecule has 7 nitrogen and oxygen atoms in total. The Bertz CT molecular complexity index is 611.